The molecule has 0 aromatic heterocycles. The number of rotatable bonds is 21. The van der Waals surface area contributed by atoms with Crippen LogP contribution in [0, 0.1) is 5.92 Å². The van der Waals surface area contributed by atoms with Crippen LogP contribution in [0.2, 0.25) is 0 Å². The van der Waals surface area contributed by atoms with Gasteiger partial charge < -0.3 is 47.4 Å². The lowest BCUT2D eigenvalue weighted by Crippen LogP contribution is -2.60. The highest BCUT2D eigenvalue weighted by molar-refractivity contribution is 5.97. The third-order valence-corrected chi connectivity index (χ3v) is 8.61. The van der Waals surface area contributed by atoms with Gasteiger partial charge in [0.25, 0.3) is 0 Å². The van der Waals surface area contributed by atoms with Gasteiger partial charge in [0.05, 0.1) is 25.2 Å². The Balaban J connectivity index is 2.17. The molecular weight excluding hydrogens is 706 g/mol. The molecule has 18 nitrogen and oxygen atoms in total. The molecule has 0 aliphatic carbocycles. The zero-order chi connectivity index (χ0) is 40.7. The van der Waals surface area contributed by atoms with Crippen molar-refractivity contribution < 1.29 is 53.4 Å². The molecule has 1 saturated heterocycles. The Kier molecular flexibility index (Phi) is 17.9. The van der Waals surface area contributed by atoms with Crippen molar-refractivity contribution in [3.63, 3.8) is 0 Å². The van der Waals surface area contributed by atoms with Crippen molar-refractivity contribution in [1.82, 2.24) is 31.5 Å². The summed E-state index contributed by atoms with van der Waals surface area (Å²) in [6, 6.07) is 0.375. The number of Topliss-reactive ketones (excluding diaryl/α,β-unsaturated/α-hetero) is 2. The quantitative estimate of drug-likeness (QED) is 0.0653. The summed E-state index contributed by atoms with van der Waals surface area (Å²) in [6.45, 7) is 6.92. The lowest BCUT2D eigenvalue weighted by Gasteiger charge is -2.31. The van der Waals surface area contributed by atoms with Gasteiger partial charge in [0.1, 0.15) is 30.0 Å². The molecule has 1 aliphatic rings. The standard InChI is InChI=1S/C36H53N7O11/c1-19(2)15-27(41-32(50)25(37)16-23-8-10-24(11-9-23)21(4)45)36(54)43-14-6-7-28(43)34(52)40-26(12-13-30(48)49)33(51)42-31(22(5)46)35(53)39-18-29(47)38-17-20(3)44/h8-11,19,22,25-28,31,46H,6-7,12-18,37H2,1-5H3,(H,38,47)(H,39,53)(H,40,52)(H,41,50)(H,42,51)(H,48,49). The van der Waals surface area contributed by atoms with Gasteiger partial charge in [-0.05, 0) is 64.4 Å². The van der Waals surface area contributed by atoms with E-state index in [2.05, 4.69) is 26.6 Å². The maximum Gasteiger partial charge on any atom is 0.303 e. The molecule has 54 heavy (non-hydrogen) atoms. The molecule has 0 spiro atoms. The maximum atomic E-state index is 13.9. The molecule has 1 heterocycles. The Morgan fingerprint density at radius 2 is 1.50 bits per heavy atom. The summed E-state index contributed by atoms with van der Waals surface area (Å²) >= 11 is 0. The van der Waals surface area contributed by atoms with Gasteiger partial charge in [-0.2, -0.15) is 0 Å². The summed E-state index contributed by atoms with van der Waals surface area (Å²) in [5, 5.41) is 31.6. The number of aliphatic hydroxyl groups excluding tert-OH is 1. The zero-order valence-corrected chi connectivity index (χ0v) is 31.3. The van der Waals surface area contributed by atoms with Crippen molar-refractivity contribution in [2.45, 2.75) is 109 Å². The van der Waals surface area contributed by atoms with E-state index in [0.717, 1.165) is 0 Å². The molecule has 1 aromatic rings. The minimum atomic E-state index is -1.61. The third-order valence-electron chi connectivity index (χ3n) is 8.61. The van der Waals surface area contributed by atoms with Gasteiger partial charge in [0, 0.05) is 18.5 Å². The van der Waals surface area contributed by atoms with E-state index in [9.17, 15) is 53.4 Å². The number of carboxylic acids is 1. The lowest BCUT2D eigenvalue weighted by atomic mass is 10.00. The Labute approximate surface area is 313 Å². The molecular formula is C36H53N7O11. The molecule has 0 radical (unpaired) electrons. The molecule has 0 bridgehead atoms. The Morgan fingerprint density at radius 1 is 0.852 bits per heavy atom. The van der Waals surface area contributed by atoms with E-state index < -0.39 is 97.1 Å². The minimum Gasteiger partial charge on any atom is -0.481 e. The summed E-state index contributed by atoms with van der Waals surface area (Å²) in [6.07, 6.45) is -1.48. The van der Waals surface area contributed by atoms with E-state index >= 15 is 0 Å². The number of aliphatic carboxylic acids is 1. The van der Waals surface area contributed by atoms with Crippen molar-refractivity contribution >= 4 is 53.0 Å². The number of carbonyl (C=O) groups excluding carboxylic acids is 8. The van der Waals surface area contributed by atoms with E-state index in [0.29, 0.717) is 17.5 Å². The molecule has 6 atom stereocenters. The van der Waals surface area contributed by atoms with E-state index in [1.54, 1.807) is 24.3 Å². The number of nitrogens with two attached hydrogens (primary N) is 1. The number of aliphatic hydroxyl groups is 1. The fraction of sp³-hybridized carbons (Fsp3) is 0.583. The molecule has 1 aromatic carbocycles. The average Bonchev–Trinajstić information content (AvgIpc) is 3.59. The van der Waals surface area contributed by atoms with Gasteiger partial charge in [-0.1, -0.05) is 38.1 Å². The van der Waals surface area contributed by atoms with Crippen LogP contribution >= 0.6 is 0 Å². The fourth-order valence-corrected chi connectivity index (χ4v) is 5.72. The minimum absolute atomic E-state index is 0.0532. The largest absolute Gasteiger partial charge is 0.481 e. The Hall–Kier alpha value is -5.23. The molecule has 18 heteroatoms. The van der Waals surface area contributed by atoms with Crippen molar-refractivity contribution in [3.05, 3.63) is 35.4 Å². The first kappa shape index (κ1) is 44.9. The zero-order valence-electron chi connectivity index (χ0n) is 31.3. The van der Waals surface area contributed by atoms with Crippen LogP contribution in [0.15, 0.2) is 24.3 Å². The van der Waals surface area contributed by atoms with Crippen LogP contribution in [0.3, 0.4) is 0 Å². The van der Waals surface area contributed by atoms with Crippen LogP contribution in [0.4, 0.5) is 0 Å². The number of ketones is 2. The first-order chi connectivity index (χ1) is 25.3. The van der Waals surface area contributed by atoms with Crippen LogP contribution < -0.4 is 32.3 Å². The van der Waals surface area contributed by atoms with E-state index in [-0.39, 0.29) is 49.8 Å². The first-order valence-electron chi connectivity index (χ1n) is 17.8. The Bertz CT molecular complexity index is 1550. The number of benzene rings is 1. The number of likely N-dealkylation sites (tertiary alicyclic amines) is 1. The highest BCUT2D eigenvalue weighted by atomic mass is 16.4. The molecule has 6 unspecified atom stereocenters. The SMILES string of the molecule is CC(=O)CNC(=O)CNC(=O)C(NC(=O)C(CCC(=O)O)NC(=O)C1CCCN1C(=O)C(CC(C)C)NC(=O)C(N)Cc1ccc(C(C)=O)cc1)C(C)O. The first-order valence-corrected chi connectivity index (χ1v) is 17.8. The highest BCUT2D eigenvalue weighted by Gasteiger charge is 2.40. The van der Waals surface area contributed by atoms with Crippen molar-refractivity contribution in [2.75, 3.05) is 19.6 Å². The van der Waals surface area contributed by atoms with Crippen LogP contribution in [0.5, 0.6) is 0 Å². The van der Waals surface area contributed by atoms with Crippen LogP contribution in [-0.2, 0) is 44.8 Å². The van der Waals surface area contributed by atoms with Gasteiger partial charge in [0.15, 0.2) is 5.78 Å². The third kappa shape index (κ3) is 14.7. The normalized spacial score (nSPS) is 16.6. The number of nitrogens with one attached hydrogen (secondary N) is 5. The number of carboxylic acid groups (broad SMARTS) is 1. The molecule has 6 amide bonds. The van der Waals surface area contributed by atoms with Gasteiger partial charge in [-0.3, -0.25) is 43.2 Å². The summed E-state index contributed by atoms with van der Waals surface area (Å²) < 4.78 is 0. The number of carbonyl (C=O) groups is 9. The number of hydrogen-bond donors (Lipinski definition) is 8. The molecule has 2 rings (SSSR count). The maximum absolute atomic E-state index is 13.9. The summed E-state index contributed by atoms with van der Waals surface area (Å²) in [7, 11) is 0. The second-order valence-electron chi connectivity index (χ2n) is 13.9. The fourth-order valence-electron chi connectivity index (χ4n) is 5.72. The van der Waals surface area contributed by atoms with Crippen LogP contribution in [0.25, 0.3) is 0 Å². The smallest absolute Gasteiger partial charge is 0.303 e. The predicted octanol–water partition coefficient (Wildman–Crippen LogP) is -1.68. The van der Waals surface area contributed by atoms with Crippen molar-refractivity contribution in [3.8, 4) is 0 Å². The lowest BCUT2D eigenvalue weighted by molar-refractivity contribution is -0.143. The molecule has 298 valence electrons. The highest BCUT2D eigenvalue weighted by Crippen LogP contribution is 2.21. The van der Waals surface area contributed by atoms with Gasteiger partial charge in [0.2, 0.25) is 35.4 Å². The van der Waals surface area contributed by atoms with Crippen molar-refractivity contribution in [1.29, 1.82) is 0 Å². The molecule has 9 N–H and O–H groups in total. The predicted molar refractivity (Wildman–Crippen MR) is 193 cm³/mol. The second kappa shape index (κ2) is 21.5. The molecule has 1 fully saturated rings. The average molecular weight is 760 g/mol. The summed E-state index contributed by atoms with van der Waals surface area (Å²) in [5.41, 5.74) is 7.41. The van der Waals surface area contributed by atoms with E-state index in [4.69, 9.17) is 5.73 Å². The number of hydrogen-bond acceptors (Lipinski definition) is 11. The summed E-state index contributed by atoms with van der Waals surface area (Å²) in [5.74, 6) is -6.34. The van der Waals surface area contributed by atoms with Crippen LogP contribution in [-0.4, -0.2) is 124 Å². The topological polar surface area (TPSA) is 284 Å². The number of amides is 6. The van der Waals surface area contributed by atoms with Gasteiger partial charge in [-0.15, -0.1) is 0 Å². The Morgan fingerprint density at radius 3 is 2.06 bits per heavy atom. The summed E-state index contributed by atoms with van der Waals surface area (Å²) in [4.78, 5) is 114. The van der Waals surface area contributed by atoms with E-state index in [1.165, 1.54) is 25.7 Å². The van der Waals surface area contributed by atoms with Crippen molar-refractivity contribution in [2.24, 2.45) is 11.7 Å². The van der Waals surface area contributed by atoms with Gasteiger partial charge >= 0.3 is 5.97 Å². The van der Waals surface area contributed by atoms with Gasteiger partial charge in [-0.25, -0.2) is 0 Å². The monoisotopic (exact) mass is 759 g/mol. The number of nitrogens with zero attached hydrogens (tertiary/aromatic N) is 1. The van der Waals surface area contributed by atoms with E-state index in [1.807, 2.05) is 13.8 Å². The molecule has 1 aliphatic heterocycles. The second-order valence-corrected chi connectivity index (χ2v) is 13.9. The van der Waals surface area contributed by atoms with Crippen LogP contribution in [0.1, 0.15) is 82.6 Å². The molecule has 0 saturated carbocycles.